The number of sulfonamides is 1. The zero-order chi connectivity index (χ0) is 17.7. The second kappa shape index (κ2) is 8.03. The largest absolute Gasteiger partial charge is 0.454 e. The lowest BCUT2D eigenvalue weighted by molar-refractivity contribution is -0.120. The third kappa shape index (κ3) is 4.83. The van der Waals surface area contributed by atoms with Gasteiger partial charge in [-0.15, -0.1) is 0 Å². The molecule has 1 N–H and O–H groups in total. The Morgan fingerprint density at radius 3 is 2.72 bits per heavy atom. The van der Waals surface area contributed by atoms with E-state index in [4.69, 9.17) is 14.2 Å². The molecule has 2 heterocycles. The van der Waals surface area contributed by atoms with Crippen LogP contribution in [0.1, 0.15) is 12.0 Å². The lowest BCUT2D eigenvalue weighted by atomic mass is 10.1. The minimum Gasteiger partial charge on any atom is -0.454 e. The average molecular weight is 370 g/mol. The van der Waals surface area contributed by atoms with Gasteiger partial charge in [-0.05, 0) is 24.1 Å². The fourth-order valence-electron chi connectivity index (χ4n) is 2.72. The van der Waals surface area contributed by atoms with Gasteiger partial charge in [-0.2, -0.15) is 4.31 Å². The van der Waals surface area contributed by atoms with Gasteiger partial charge < -0.3 is 19.5 Å². The van der Waals surface area contributed by atoms with Gasteiger partial charge >= 0.3 is 0 Å². The van der Waals surface area contributed by atoms with Crippen LogP contribution in [-0.2, 0) is 26.0 Å². The van der Waals surface area contributed by atoms with Crippen LogP contribution in [0.3, 0.4) is 0 Å². The molecule has 0 spiro atoms. The quantitative estimate of drug-likeness (QED) is 0.733. The number of nitrogens with one attached hydrogen (secondary N) is 1. The molecule has 1 aromatic carbocycles. The molecule has 1 amide bonds. The van der Waals surface area contributed by atoms with Gasteiger partial charge in [-0.1, -0.05) is 6.07 Å². The van der Waals surface area contributed by atoms with Crippen molar-refractivity contribution in [2.45, 2.75) is 12.8 Å². The van der Waals surface area contributed by atoms with Crippen molar-refractivity contribution in [1.29, 1.82) is 0 Å². The first-order chi connectivity index (χ1) is 12.0. The molecule has 9 heteroatoms. The first-order valence-electron chi connectivity index (χ1n) is 8.25. The Balaban J connectivity index is 1.39. The van der Waals surface area contributed by atoms with E-state index >= 15 is 0 Å². The van der Waals surface area contributed by atoms with Gasteiger partial charge in [-0.25, -0.2) is 8.42 Å². The van der Waals surface area contributed by atoms with Gasteiger partial charge in [0.15, 0.2) is 11.5 Å². The van der Waals surface area contributed by atoms with E-state index in [0.29, 0.717) is 44.2 Å². The van der Waals surface area contributed by atoms with Crippen molar-refractivity contribution in [3.63, 3.8) is 0 Å². The molecule has 0 unspecified atom stereocenters. The molecule has 8 nitrogen and oxygen atoms in total. The molecule has 2 aliphatic heterocycles. The van der Waals surface area contributed by atoms with Crippen LogP contribution in [0.15, 0.2) is 18.2 Å². The maximum atomic E-state index is 12.1. The van der Waals surface area contributed by atoms with Gasteiger partial charge in [-0.3, -0.25) is 4.79 Å². The highest BCUT2D eigenvalue weighted by atomic mass is 32.2. The van der Waals surface area contributed by atoms with E-state index in [9.17, 15) is 13.2 Å². The van der Waals surface area contributed by atoms with Crippen LogP contribution in [0.25, 0.3) is 0 Å². The topological polar surface area (TPSA) is 94.2 Å². The molecule has 0 aromatic heterocycles. The van der Waals surface area contributed by atoms with Crippen molar-refractivity contribution in [2.75, 3.05) is 45.4 Å². The van der Waals surface area contributed by atoms with E-state index in [1.165, 1.54) is 4.31 Å². The molecular weight excluding hydrogens is 348 g/mol. The van der Waals surface area contributed by atoms with Gasteiger partial charge in [0.05, 0.1) is 19.0 Å². The number of aryl methyl sites for hydroxylation is 1. The van der Waals surface area contributed by atoms with Crippen molar-refractivity contribution < 1.29 is 27.4 Å². The van der Waals surface area contributed by atoms with E-state index in [1.807, 2.05) is 18.2 Å². The summed E-state index contributed by atoms with van der Waals surface area (Å²) in [6.07, 6.45) is 0.843. The number of carbonyl (C=O) groups excluding carboxylic acids is 1. The van der Waals surface area contributed by atoms with Gasteiger partial charge in [0.1, 0.15) is 0 Å². The minimum absolute atomic E-state index is 0.0945. The summed E-state index contributed by atoms with van der Waals surface area (Å²) in [4.78, 5) is 11.9. The molecule has 3 rings (SSSR count). The van der Waals surface area contributed by atoms with Crippen molar-refractivity contribution in [3.05, 3.63) is 23.8 Å². The number of benzene rings is 1. The van der Waals surface area contributed by atoms with Crippen molar-refractivity contribution in [1.82, 2.24) is 9.62 Å². The van der Waals surface area contributed by atoms with E-state index < -0.39 is 10.0 Å². The van der Waals surface area contributed by atoms with E-state index in [-0.39, 0.29) is 31.4 Å². The number of hydrogen-bond acceptors (Lipinski definition) is 6. The molecule has 25 heavy (non-hydrogen) atoms. The fourth-order valence-corrected chi connectivity index (χ4v) is 4.04. The monoisotopic (exact) mass is 370 g/mol. The Bertz CT molecular complexity index is 715. The Morgan fingerprint density at radius 1 is 1.16 bits per heavy atom. The van der Waals surface area contributed by atoms with Crippen molar-refractivity contribution >= 4 is 15.9 Å². The highest BCUT2D eigenvalue weighted by molar-refractivity contribution is 7.89. The smallest absolute Gasteiger partial charge is 0.231 e. The van der Waals surface area contributed by atoms with Crippen molar-refractivity contribution in [2.24, 2.45) is 0 Å². The maximum Gasteiger partial charge on any atom is 0.231 e. The van der Waals surface area contributed by atoms with Gasteiger partial charge in [0.2, 0.25) is 22.7 Å². The number of fused-ring (bicyclic) bond motifs is 1. The number of hydrogen-bond donors (Lipinski definition) is 1. The Hall–Kier alpha value is -1.84. The molecule has 0 aliphatic carbocycles. The highest BCUT2D eigenvalue weighted by Crippen LogP contribution is 2.32. The summed E-state index contributed by atoms with van der Waals surface area (Å²) in [7, 11) is -3.34. The van der Waals surface area contributed by atoms with Crippen LogP contribution < -0.4 is 14.8 Å². The minimum atomic E-state index is -3.34. The van der Waals surface area contributed by atoms with Crippen LogP contribution in [0.4, 0.5) is 0 Å². The summed E-state index contributed by atoms with van der Waals surface area (Å²) in [5, 5.41) is 2.67. The van der Waals surface area contributed by atoms with E-state index in [0.717, 1.165) is 5.56 Å². The molecule has 0 atom stereocenters. The molecule has 0 saturated carbocycles. The highest BCUT2D eigenvalue weighted by Gasteiger charge is 2.23. The Morgan fingerprint density at radius 2 is 1.92 bits per heavy atom. The molecule has 1 saturated heterocycles. The predicted molar refractivity (Wildman–Crippen MR) is 90.1 cm³/mol. The van der Waals surface area contributed by atoms with E-state index in [2.05, 4.69) is 5.32 Å². The number of nitrogens with zero attached hydrogens (tertiary/aromatic N) is 1. The number of ether oxygens (including phenoxy) is 3. The summed E-state index contributed by atoms with van der Waals surface area (Å²) < 4.78 is 41.4. The fraction of sp³-hybridized carbons (Fsp3) is 0.562. The number of morpholine rings is 1. The second-order valence-electron chi connectivity index (χ2n) is 5.86. The standard InChI is InChI=1S/C16H22N2O6S/c19-16(4-2-13-1-3-14-15(11-13)24-12-23-14)17-5-10-25(20,21)18-6-8-22-9-7-18/h1,3,11H,2,4-10,12H2,(H,17,19). The normalized spacial score (nSPS) is 17.4. The molecule has 1 fully saturated rings. The van der Waals surface area contributed by atoms with Crippen LogP contribution >= 0.6 is 0 Å². The molecule has 1 aromatic rings. The summed E-state index contributed by atoms with van der Waals surface area (Å²) >= 11 is 0. The van der Waals surface area contributed by atoms with E-state index in [1.54, 1.807) is 0 Å². The third-order valence-electron chi connectivity index (χ3n) is 4.12. The first kappa shape index (κ1) is 18.0. The molecule has 2 aliphatic rings. The zero-order valence-corrected chi connectivity index (χ0v) is 14.7. The molecular formula is C16H22N2O6S. The van der Waals surface area contributed by atoms with Gasteiger partial charge in [0.25, 0.3) is 0 Å². The number of rotatable bonds is 7. The Kier molecular flexibility index (Phi) is 5.77. The third-order valence-corrected chi connectivity index (χ3v) is 6.00. The lowest BCUT2D eigenvalue weighted by Gasteiger charge is -2.26. The second-order valence-corrected chi connectivity index (χ2v) is 7.95. The summed E-state index contributed by atoms with van der Waals surface area (Å²) in [6.45, 7) is 1.92. The summed E-state index contributed by atoms with van der Waals surface area (Å²) in [6, 6.07) is 5.58. The first-order valence-corrected chi connectivity index (χ1v) is 9.86. The molecule has 0 bridgehead atoms. The van der Waals surface area contributed by atoms with Crippen molar-refractivity contribution in [3.8, 4) is 11.5 Å². The van der Waals surface area contributed by atoms with Crippen LogP contribution in [0.2, 0.25) is 0 Å². The zero-order valence-electron chi connectivity index (χ0n) is 13.9. The summed E-state index contributed by atoms with van der Waals surface area (Å²) in [5.41, 5.74) is 0.973. The maximum absolute atomic E-state index is 12.1. The molecule has 138 valence electrons. The average Bonchev–Trinajstić information content (AvgIpc) is 3.08. The van der Waals surface area contributed by atoms with Crippen LogP contribution in [-0.4, -0.2) is 64.0 Å². The Labute approximate surface area is 147 Å². The summed E-state index contributed by atoms with van der Waals surface area (Å²) in [5.74, 6) is 1.13. The molecule has 0 radical (unpaired) electrons. The van der Waals surface area contributed by atoms with Gasteiger partial charge in [0, 0.05) is 26.1 Å². The van der Waals surface area contributed by atoms with Crippen LogP contribution in [0, 0.1) is 0 Å². The number of amides is 1. The van der Waals surface area contributed by atoms with Crippen LogP contribution in [0.5, 0.6) is 11.5 Å². The predicted octanol–water partition coefficient (Wildman–Crippen LogP) is 0.126. The SMILES string of the molecule is O=C(CCc1ccc2c(c1)OCO2)NCCS(=O)(=O)N1CCOCC1. The number of carbonyl (C=O) groups is 1. The lowest BCUT2D eigenvalue weighted by Crippen LogP contribution is -2.43.